The number of benzene rings is 1. The highest BCUT2D eigenvalue weighted by atomic mass is 16.5. The second kappa shape index (κ2) is 5.52. The van der Waals surface area contributed by atoms with Crippen LogP contribution in [-0.4, -0.2) is 49.0 Å². The van der Waals surface area contributed by atoms with Crippen LogP contribution in [0, 0.1) is 19.3 Å². The summed E-state index contributed by atoms with van der Waals surface area (Å²) in [5.74, 6) is 4.52. The number of ether oxygens (including phenoxy) is 2. The van der Waals surface area contributed by atoms with Gasteiger partial charge in [0.25, 0.3) is 0 Å². The molecule has 1 N–H and O–H groups in total. The van der Waals surface area contributed by atoms with Crippen molar-refractivity contribution in [3.8, 4) is 23.8 Å². The van der Waals surface area contributed by atoms with Crippen LogP contribution in [0.3, 0.4) is 0 Å². The third kappa shape index (κ3) is 2.30. The van der Waals surface area contributed by atoms with Gasteiger partial charge >= 0.3 is 0 Å². The summed E-state index contributed by atoms with van der Waals surface area (Å²) >= 11 is 0. The van der Waals surface area contributed by atoms with Gasteiger partial charge in [-0.3, -0.25) is 0 Å². The SMILES string of the molecule is C#CC[N@+]1(C)CC[C@@]23C=C[C@@H](O)C[C@H]2Oc2c(OC)cc(C)c(c23)C1. The van der Waals surface area contributed by atoms with Gasteiger partial charge < -0.3 is 19.1 Å². The van der Waals surface area contributed by atoms with E-state index in [1.165, 1.54) is 16.7 Å². The first-order valence-electron chi connectivity index (χ1n) is 8.94. The maximum Gasteiger partial charge on any atom is 0.166 e. The zero-order valence-electron chi connectivity index (χ0n) is 15.2. The number of aliphatic hydroxyl groups is 1. The molecule has 132 valence electrons. The van der Waals surface area contributed by atoms with Gasteiger partial charge in [0, 0.05) is 24.0 Å². The van der Waals surface area contributed by atoms with Crippen LogP contribution in [0.15, 0.2) is 18.2 Å². The van der Waals surface area contributed by atoms with Gasteiger partial charge in [-0.05, 0) is 24.5 Å². The third-order valence-electron chi connectivity index (χ3n) is 6.25. The number of hydrogen-bond donors (Lipinski definition) is 1. The molecule has 2 heterocycles. The molecule has 1 aliphatic carbocycles. The number of aryl methyl sites for hydroxylation is 1. The predicted octanol–water partition coefficient (Wildman–Crippen LogP) is 2.31. The Kier molecular flexibility index (Phi) is 3.64. The van der Waals surface area contributed by atoms with Crippen LogP contribution in [0.5, 0.6) is 11.5 Å². The molecule has 0 saturated heterocycles. The van der Waals surface area contributed by atoms with Crippen molar-refractivity contribution in [2.75, 3.05) is 27.2 Å². The van der Waals surface area contributed by atoms with E-state index in [1.807, 2.05) is 6.08 Å². The van der Waals surface area contributed by atoms with Crippen molar-refractivity contribution >= 4 is 0 Å². The molecule has 0 amide bonds. The van der Waals surface area contributed by atoms with Crippen LogP contribution < -0.4 is 9.47 Å². The predicted molar refractivity (Wildman–Crippen MR) is 96.7 cm³/mol. The zero-order valence-corrected chi connectivity index (χ0v) is 15.2. The Hall–Kier alpha value is -1.96. The van der Waals surface area contributed by atoms with Gasteiger partial charge in [-0.1, -0.05) is 12.2 Å². The number of terminal acetylenes is 1. The average Bonchev–Trinajstić information content (AvgIpc) is 2.83. The Labute approximate surface area is 149 Å². The molecule has 0 saturated carbocycles. The van der Waals surface area contributed by atoms with E-state index in [1.54, 1.807) is 7.11 Å². The molecule has 1 aromatic carbocycles. The van der Waals surface area contributed by atoms with Crippen LogP contribution in [-0.2, 0) is 12.0 Å². The van der Waals surface area contributed by atoms with Crippen molar-refractivity contribution in [1.82, 2.24) is 0 Å². The molecule has 1 spiro atoms. The normalized spacial score (nSPS) is 35.2. The highest BCUT2D eigenvalue weighted by Crippen LogP contribution is 2.56. The Bertz CT molecular complexity index is 793. The molecule has 0 bridgehead atoms. The molecule has 25 heavy (non-hydrogen) atoms. The summed E-state index contributed by atoms with van der Waals surface area (Å²) in [6.45, 7) is 4.75. The van der Waals surface area contributed by atoms with Crippen LogP contribution in [0.1, 0.15) is 29.5 Å². The molecule has 4 atom stereocenters. The monoisotopic (exact) mass is 340 g/mol. The van der Waals surface area contributed by atoms with E-state index in [0.717, 1.165) is 35.5 Å². The summed E-state index contributed by atoms with van der Waals surface area (Å²) in [5.41, 5.74) is 3.63. The first-order chi connectivity index (χ1) is 11.9. The van der Waals surface area contributed by atoms with E-state index in [9.17, 15) is 5.11 Å². The van der Waals surface area contributed by atoms with Crippen LogP contribution >= 0.6 is 0 Å². The lowest BCUT2D eigenvalue weighted by Crippen LogP contribution is -2.47. The van der Waals surface area contributed by atoms with Gasteiger partial charge in [0.05, 0.1) is 32.2 Å². The number of hydrogen-bond acceptors (Lipinski definition) is 3. The molecular weight excluding hydrogens is 314 g/mol. The van der Waals surface area contributed by atoms with Gasteiger partial charge in [-0.15, -0.1) is 6.42 Å². The minimum atomic E-state index is -0.449. The fourth-order valence-corrected chi connectivity index (χ4v) is 4.85. The van der Waals surface area contributed by atoms with Crippen LogP contribution in [0.25, 0.3) is 0 Å². The molecule has 0 aromatic heterocycles. The number of aliphatic hydroxyl groups excluding tert-OH is 1. The Morgan fingerprint density at radius 3 is 3.04 bits per heavy atom. The fourth-order valence-electron chi connectivity index (χ4n) is 4.85. The molecule has 4 nitrogen and oxygen atoms in total. The molecule has 2 aliphatic heterocycles. The maximum absolute atomic E-state index is 10.1. The zero-order chi connectivity index (χ0) is 17.8. The molecular formula is C21H26NO3+. The van der Waals surface area contributed by atoms with Crippen molar-refractivity contribution in [3.05, 3.63) is 34.9 Å². The van der Waals surface area contributed by atoms with Gasteiger partial charge in [0.15, 0.2) is 11.5 Å². The van der Waals surface area contributed by atoms with Crippen molar-refractivity contribution in [3.63, 3.8) is 0 Å². The summed E-state index contributed by atoms with van der Waals surface area (Å²) in [6, 6.07) is 2.07. The van der Waals surface area contributed by atoms with Gasteiger partial charge in [-0.25, -0.2) is 0 Å². The van der Waals surface area contributed by atoms with Crippen molar-refractivity contribution in [1.29, 1.82) is 0 Å². The van der Waals surface area contributed by atoms with Gasteiger partial charge in [0.1, 0.15) is 19.2 Å². The smallest absolute Gasteiger partial charge is 0.166 e. The summed E-state index contributed by atoms with van der Waals surface area (Å²) in [4.78, 5) is 0. The van der Waals surface area contributed by atoms with Crippen molar-refractivity contribution in [2.45, 2.75) is 43.9 Å². The molecule has 0 radical (unpaired) electrons. The topological polar surface area (TPSA) is 38.7 Å². The Morgan fingerprint density at radius 1 is 1.52 bits per heavy atom. The average molecular weight is 340 g/mol. The van der Waals surface area contributed by atoms with E-state index < -0.39 is 6.10 Å². The highest BCUT2D eigenvalue weighted by Gasteiger charge is 2.55. The summed E-state index contributed by atoms with van der Waals surface area (Å²) in [5, 5.41) is 10.1. The van der Waals surface area contributed by atoms with E-state index in [4.69, 9.17) is 15.9 Å². The number of nitrogens with zero attached hydrogens (tertiary/aromatic N) is 1. The lowest BCUT2D eigenvalue weighted by molar-refractivity contribution is -0.915. The molecule has 3 aliphatic rings. The van der Waals surface area contributed by atoms with E-state index in [0.29, 0.717) is 13.0 Å². The Balaban J connectivity index is 1.97. The molecule has 0 unspecified atom stereocenters. The van der Waals surface area contributed by atoms with Gasteiger partial charge in [-0.2, -0.15) is 0 Å². The molecule has 0 fully saturated rings. The summed E-state index contributed by atoms with van der Waals surface area (Å²) in [6.07, 6.45) is 10.9. The van der Waals surface area contributed by atoms with E-state index in [2.05, 4.69) is 32.0 Å². The number of methoxy groups -OCH3 is 1. The fraction of sp³-hybridized carbons (Fsp3) is 0.524. The lowest BCUT2D eigenvalue weighted by atomic mass is 9.68. The minimum Gasteiger partial charge on any atom is -0.493 e. The first-order valence-corrected chi connectivity index (χ1v) is 8.94. The summed E-state index contributed by atoms with van der Waals surface area (Å²) in [7, 11) is 3.93. The van der Waals surface area contributed by atoms with Crippen LogP contribution in [0.2, 0.25) is 0 Å². The van der Waals surface area contributed by atoms with Crippen molar-refractivity contribution in [2.24, 2.45) is 0 Å². The number of rotatable bonds is 2. The summed E-state index contributed by atoms with van der Waals surface area (Å²) < 4.78 is 12.8. The standard InChI is InChI=1S/C21H26NO3/c1-5-9-22(3)10-8-21-7-6-15(23)12-18(21)25-20-17(24-4)11-14(2)16(13-22)19(20)21/h1,6-7,11,15,18,23H,8-10,12-13H2,2-4H3/q+1/t15-,18-,21+,22-/m1/s1. The van der Waals surface area contributed by atoms with Crippen molar-refractivity contribution < 1.29 is 19.1 Å². The highest BCUT2D eigenvalue weighted by molar-refractivity contribution is 5.63. The molecule has 4 heteroatoms. The molecule has 4 rings (SSSR count). The quantitative estimate of drug-likeness (QED) is 0.510. The Morgan fingerprint density at radius 2 is 2.32 bits per heavy atom. The second-order valence-electron chi connectivity index (χ2n) is 8.00. The largest absolute Gasteiger partial charge is 0.493 e. The second-order valence-corrected chi connectivity index (χ2v) is 8.00. The third-order valence-corrected chi connectivity index (χ3v) is 6.25. The van der Waals surface area contributed by atoms with E-state index >= 15 is 0 Å². The lowest BCUT2D eigenvalue weighted by Gasteiger charge is -2.36. The molecule has 1 aromatic rings. The number of quaternary nitrogens is 1. The van der Waals surface area contributed by atoms with Gasteiger partial charge in [0.2, 0.25) is 0 Å². The first kappa shape index (κ1) is 16.5. The van der Waals surface area contributed by atoms with E-state index in [-0.39, 0.29) is 11.5 Å². The maximum atomic E-state index is 10.1. The van der Waals surface area contributed by atoms with Crippen LogP contribution in [0.4, 0.5) is 0 Å². The minimum absolute atomic E-state index is 0.0469.